The molecule has 0 saturated carbocycles. The molecule has 0 spiro atoms. The second kappa shape index (κ2) is 4.72. The van der Waals surface area contributed by atoms with Crippen LogP contribution in [0, 0.1) is 0 Å². The van der Waals surface area contributed by atoms with Crippen molar-refractivity contribution in [1.29, 1.82) is 0 Å². The molecule has 0 unspecified atom stereocenters. The van der Waals surface area contributed by atoms with E-state index in [1.54, 1.807) is 18.3 Å². The molecule has 1 heterocycles. The molecule has 88 valence electrons. The van der Waals surface area contributed by atoms with E-state index in [0.717, 1.165) is 9.75 Å². The zero-order valence-electron chi connectivity index (χ0n) is 10.2. The van der Waals surface area contributed by atoms with Crippen LogP contribution in [0.2, 0.25) is 0 Å². The van der Waals surface area contributed by atoms with Gasteiger partial charge in [0, 0.05) is 30.2 Å². The van der Waals surface area contributed by atoms with Gasteiger partial charge in [0.1, 0.15) is 0 Å². The number of ketones is 1. The largest absolute Gasteiger partial charge is 0.377 e. The standard InChI is InChI=1S/C14H15NOS/c1-10(16)13-8-9-14(17-13)11-6-4-5-7-12(11)15(2)3/h4-9H,1-3H3. The quantitative estimate of drug-likeness (QED) is 0.769. The molecule has 3 heteroatoms. The third-order valence-corrected chi connectivity index (χ3v) is 3.82. The van der Waals surface area contributed by atoms with Crippen LogP contribution in [0.4, 0.5) is 5.69 Å². The van der Waals surface area contributed by atoms with Crippen molar-refractivity contribution in [3.63, 3.8) is 0 Å². The molecule has 1 aromatic heterocycles. The summed E-state index contributed by atoms with van der Waals surface area (Å²) < 4.78 is 0. The van der Waals surface area contributed by atoms with Gasteiger partial charge in [0.15, 0.2) is 5.78 Å². The molecule has 0 aliphatic heterocycles. The third kappa shape index (κ3) is 2.39. The summed E-state index contributed by atoms with van der Waals surface area (Å²) in [7, 11) is 4.05. The van der Waals surface area contributed by atoms with Crippen LogP contribution in [-0.2, 0) is 0 Å². The Labute approximate surface area is 106 Å². The Hall–Kier alpha value is -1.61. The number of nitrogens with zero attached hydrogens (tertiary/aromatic N) is 1. The topological polar surface area (TPSA) is 20.3 Å². The van der Waals surface area contributed by atoms with E-state index in [1.165, 1.54) is 11.3 Å². The molecule has 2 nitrogen and oxygen atoms in total. The number of rotatable bonds is 3. The Balaban J connectivity index is 2.48. The summed E-state index contributed by atoms with van der Waals surface area (Å²) in [6, 6.07) is 12.1. The lowest BCUT2D eigenvalue weighted by molar-refractivity contribution is 0.102. The Bertz CT molecular complexity index is 543. The van der Waals surface area contributed by atoms with E-state index in [2.05, 4.69) is 17.0 Å². The molecule has 0 amide bonds. The van der Waals surface area contributed by atoms with Gasteiger partial charge in [-0.25, -0.2) is 0 Å². The summed E-state index contributed by atoms with van der Waals surface area (Å²) in [4.78, 5) is 15.3. The number of para-hydroxylation sites is 1. The predicted octanol–water partition coefficient (Wildman–Crippen LogP) is 3.68. The highest BCUT2D eigenvalue weighted by atomic mass is 32.1. The van der Waals surface area contributed by atoms with Gasteiger partial charge < -0.3 is 4.90 Å². The van der Waals surface area contributed by atoms with Crippen molar-refractivity contribution < 1.29 is 4.79 Å². The van der Waals surface area contributed by atoms with E-state index < -0.39 is 0 Å². The molecule has 0 aliphatic carbocycles. The molecular weight excluding hydrogens is 230 g/mol. The predicted molar refractivity (Wildman–Crippen MR) is 74.1 cm³/mol. The Kier molecular flexibility index (Phi) is 3.29. The first-order chi connectivity index (χ1) is 8.09. The molecule has 0 atom stereocenters. The molecule has 2 aromatic rings. The van der Waals surface area contributed by atoms with Gasteiger partial charge in [0.25, 0.3) is 0 Å². The van der Waals surface area contributed by atoms with Crippen molar-refractivity contribution in [3.8, 4) is 10.4 Å². The van der Waals surface area contributed by atoms with Gasteiger partial charge in [0.05, 0.1) is 4.88 Å². The Morgan fingerprint density at radius 3 is 2.41 bits per heavy atom. The average Bonchev–Trinajstić information content (AvgIpc) is 2.78. The lowest BCUT2D eigenvalue weighted by Crippen LogP contribution is -2.09. The summed E-state index contributed by atoms with van der Waals surface area (Å²) in [5.41, 5.74) is 2.35. The smallest absolute Gasteiger partial charge is 0.169 e. The van der Waals surface area contributed by atoms with E-state index in [-0.39, 0.29) is 5.78 Å². The number of carbonyl (C=O) groups is 1. The normalized spacial score (nSPS) is 10.3. The first-order valence-electron chi connectivity index (χ1n) is 5.47. The fraction of sp³-hybridized carbons (Fsp3) is 0.214. The maximum atomic E-state index is 11.3. The first kappa shape index (κ1) is 11.9. The van der Waals surface area contributed by atoms with Gasteiger partial charge in [0.2, 0.25) is 0 Å². The summed E-state index contributed by atoms with van der Waals surface area (Å²) in [5, 5.41) is 0. The highest BCUT2D eigenvalue weighted by Gasteiger charge is 2.10. The van der Waals surface area contributed by atoms with Crippen LogP contribution in [0.1, 0.15) is 16.6 Å². The molecule has 0 saturated heterocycles. The van der Waals surface area contributed by atoms with Crippen molar-refractivity contribution in [2.24, 2.45) is 0 Å². The number of thiophene rings is 1. The van der Waals surface area contributed by atoms with Gasteiger partial charge in [-0.05, 0) is 25.1 Å². The van der Waals surface area contributed by atoms with Crippen LogP contribution in [0.25, 0.3) is 10.4 Å². The number of benzene rings is 1. The van der Waals surface area contributed by atoms with E-state index in [4.69, 9.17) is 0 Å². The minimum atomic E-state index is 0.128. The number of hydrogen-bond acceptors (Lipinski definition) is 3. The first-order valence-corrected chi connectivity index (χ1v) is 6.28. The molecule has 0 radical (unpaired) electrons. The molecule has 0 N–H and O–H groups in total. The zero-order valence-corrected chi connectivity index (χ0v) is 11.0. The van der Waals surface area contributed by atoms with Crippen LogP contribution in [0.5, 0.6) is 0 Å². The van der Waals surface area contributed by atoms with E-state index in [1.807, 2.05) is 38.4 Å². The third-order valence-electron chi connectivity index (χ3n) is 2.60. The van der Waals surface area contributed by atoms with Gasteiger partial charge in [-0.15, -0.1) is 11.3 Å². The number of Topliss-reactive ketones (excluding diaryl/α,β-unsaturated/α-hetero) is 1. The van der Waals surface area contributed by atoms with Crippen LogP contribution < -0.4 is 4.90 Å². The van der Waals surface area contributed by atoms with E-state index >= 15 is 0 Å². The molecule has 0 aliphatic rings. The summed E-state index contributed by atoms with van der Waals surface area (Å²) >= 11 is 1.55. The van der Waals surface area contributed by atoms with Crippen molar-refractivity contribution in [2.75, 3.05) is 19.0 Å². The highest BCUT2D eigenvalue weighted by Crippen LogP contribution is 2.34. The van der Waals surface area contributed by atoms with Gasteiger partial charge >= 0.3 is 0 Å². The lowest BCUT2D eigenvalue weighted by atomic mass is 10.1. The second-order valence-electron chi connectivity index (χ2n) is 4.13. The van der Waals surface area contributed by atoms with Crippen LogP contribution in [0.15, 0.2) is 36.4 Å². The molecule has 0 fully saturated rings. The Morgan fingerprint density at radius 1 is 1.12 bits per heavy atom. The fourth-order valence-electron chi connectivity index (χ4n) is 1.74. The number of anilines is 1. The SMILES string of the molecule is CC(=O)c1ccc(-c2ccccc2N(C)C)s1. The number of hydrogen-bond donors (Lipinski definition) is 0. The molecular formula is C14H15NOS. The second-order valence-corrected chi connectivity index (χ2v) is 5.22. The maximum absolute atomic E-state index is 11.3. The van der Waals surface area contributed by atoms with Crippen LogP contribution >= 0.6 is 11.3 Å². The summed E-state index contributed by atoms with van der Waals surface area (Å²) in [6.45, 7) is 1.60. The van der Waals surface area contributed by atoms with Gasteiger partial charge in [-0.2, -0.15) is 0 Å². The fourth-order valence-corrected chi connectivity index (χ4v) is 2.68. The molecule has 0 bridgehead atoms. The van der Waals surface area contributed by atoms with Crippen LogP contribution in [-0.4, -0.2) is 19.9 Å². The van der Waals surface area contributed by atoms with E-state index in [9.17, 15) is 4.79 Å². The molecule has 17 heavy (non-hydrogen) atoms. The molecule has 1 aromatic carbocycles. The van der Waals surface area contributed by atoms with Crippen molar-refractivity contribution >= 4 is 22.8 Å². The molecule has 2 rings (SSSR count). The van der Waals surface area contributed by atoms with Crippen molar-refractivity contribution in [2.45, 2.75) is 6.92 Å². The Morgan fingerprint density at radius 2 is 1.82 bits per heavy atom. The minimum absolute atomic E-state index is 0.128. The summed E-state index contributed by atoms with van der Waals surface area (Å²) in [5.74, 6) is 0.128. The van der Waals surface area contributed by atoms with Gasteiger partial charge in [-0.3, -0.25) is 4.79 Å². The summed E-state index contributed by atoms with van der Waals surface area (Å²) in [6.07, 6.45) is 0. The van der Waals surface area contributed by atoms with Crippen molar-refractivity contribution in [3.05, 3.63) is 41.3 Å². The minimum Gasteiger partial charge on any atom is -0.377 e. The van der Waals surface area contributed by atoms with Crippen molar-refractivity contribution in [1.82, 2.24) is 0 Å². The van der Waals surface area contributed by atoms with Gasteiger partial charge in [-0.1, -0.05) is 18.2 Å². The average molecular weight is 245 g/mol. The zero-order chi connectivity index (χ0) is 12.4. The number of carbonyl (C=O) groups excluding carboxylic acids is 1. The monoisotopic (exact) mass is 245 g/mol. The van der Waals surface area contributed by atoms with Crippen LogP contribution in [0.3, 0.4) is 0 Å². The van der Waals surface area contributed by atoms with E-state index in [0.29, 0.717) is 0 Å². The maximum Gasteiger partial charge on any atom is 0.169 e. The highest BCUT2D eigenvalue weighted by molar-refractivity contribution is 7.17. The lowest BCUT2D eigenvalue weighted by Gasteiger charge is -2.16.